The number of hydrogen-bond donors (Lipinski definition) is 0. The molecule has 96 valence electrons. The Morgan fingerprint density at radius 2 is 1.94 bits per heavy atom. The van der Waals surface area contributed by atoms with Crippen molar-refractivity contribution in [2.75, 3.05) is 6.61 Å². The van der Waals surface area contributed by atoms with Crippen LogP contribution in [0.5, 0.6) is 5.75 Å². The molecule has 0 heterocycles. The largest absolute Gasteiger partial charge is 0.491 e. The fourth-order valence-corrected chi connectivity index (χ4v) is 1.70. The van der Waals surface area contributed by atoms with Gasteiger partial charge in [-0.05, 0) is 30.0 Å². The molecule has 0 aliphatic rings. The van der Waals surface area contributed by atoms with Crippen molar-refractivity contribution in [1.29, 1.82) is 0 Å². The Bertz CT molecular complexity index is 334. The molecule has 0 bridgehead atoms. The van der Waals surface area contributed by atoms with E-state index in [1.807, 2.05) is 6.07 Å². The summed E-state index contributed by atoms with van der Waals surface area (Å²) in [6.07, 6.45) is 4.58. The quantitative estimate of drug-likeness (QED) is 0.613. The second-order valence-corrected chi connectivity index (χ2v) is 4.75. The zero-order valence-electron chi connectivity index (χ0n) is 11.1. The molecule has 0 radical (unpaired) electrons. The van der Waals surface area contributed by atoms with Gasteiger partial charge in [-0.3, -0.25) is 0 Å². The molecular formula is C15H23FO. The predicted molar refractivity (Wildman–Crippen MR) is 70.1 cm³/mol. The maximum Gasteiger partial charge on any atom is 0.165 e. The van der Waals surface area contributed by atoms with E-state index in [4.69, 9.17) is 4.74 Å². The molecule has 0 amide bonds. The highest BCUT2D eigenvalue weighted by Crippen LogP contribution is 2.23. The van der Waals surface area contributed by atoms with Crippen molar-refractivity contribution in [1.82, 2.24) is 0 Å². The monoisotopic (exact) mass is 238 g/mol. The Morgan fingerprint density at radius 1 is 1.18 bits per heavy atom. The van der Waals surface area contributed by atoms with Gasteiger partial charge in [0.2, 0.25) is 0 Å². The lowest BCUT2D eigenvalue weighted by atomic mass is 10.0. The highest BCUT2D eigenvalue weighted by atomic mass is 19.1. The summed E-state index contributed by atoms with van der Waals surface area (Å²) in [5.74, 6) is 0.487. The Morgan fingerprint density at radius 3 is 2.53 bits per heavy atom. The molecular weight excluding hydrogens is 215 g/mol. The fraction of sp³-hybridized carbons (Fsp3) is 0.600. The average molecular weight is 238 g/mol. The molecule has 0 saturated carbocycles. The van der Waals surface area contributed by atoms with Gasteiger partial charge in [0.05, 0.1) is 6.61 Å². The lowest BCUT2D eigenvalue weighted by Crippen LogP contribution is -2.00. The summed E-state index contributed by atoms with van der Waals surface area (Å²) in [5, 5.41) is 0. The van der Waals surface area contributed by atoms with Gasteiger partial charge in [0.15, 0.2) is 11.6 Å². The number of hydrogen-bond acceptors (Lipinski definition) is 1. The van der Waals surface area contributed by atoms with Crippen molar-refractivity contribution in [3.63, 3.8) is 0 Å². The molecule has 0 aromatic heterocycles. The van der Waals surface area contributed by atoms with E-state index in [0.29, 0.717) is 18.3 Å². The van der Waals surface area contributed by atoms with E-state index in [2.05, 4.69) is 20.8 Å². The van der Waals surface area contributed by atoms with Gasteiger partial charge in [-0.1, -0.05) is 46.1 Å². The summed E-state index contributed by atoms with van der Waals surface area (Å²) in [6.45, 7) is 6.89. The first-order valence-electron chi connectivity index (χ1n) is 6.57. The minimum Gasteiger partial charge on any atom is -0.491 e. The van der Waals surface area contributed by atoms with E-state index in [0.717, 1.165) is 18.4 Å². The molecule has 1 nitrogen and oxygen atoms in total. The predicted octanol–water partition coefficient (Wildman–Crippen LogP) is 4.91. The highest BCUT2D eigenvalue weighted by molar-refractivity contribution is 5.30. The first kappa shape index (κ1) is 14.0. The Kier molecular flexibility index (Phi) is 6.03. The molecule has 0 aliphatic carbocycles. The summed E-state index contributed by atoms with van der Waals surface area (Å²) in [6, 6.07) is 5.26. The average Bonchev–Trinajstić information content (AvgIpc) is 2.30. The van der Waals surface area contributed by atoms with Gasteiger partial charge < -0.3 is 4.74 Å². The van der Waals surface area contributed by atoms with Crippen molar-refractivity contribution in [2.24, 2.45) is 0 Å². The van der Waals surface area contributed by atoms with Crippen molar-refractivity contribution in [3.05, 3.63) is 29.6 Å². The molecule has 0 fully saturated rings. The SMILES string of the molecule is CCCCCCOc1ccc(C(C)C)cc1F. The summed E-state index contributed by atoms with van der Waals surface area (Å²) in [5.41, 5.74) is 1.01. The van der Waals surface area contributed by atoms with Crippen LogP contribution >= 0.6 is 0 Å². The third kappa shape index (κ3) is 4.76. The minimum atomic E-state index is -0.244. The zero-order chi connectivity index (χ0) is 12.7. The fourth-order valence-electron chi connectivity index (χ4n) is 1.70. The van der Waals surface area contributed by atoms with E-state index in [9.17, 15) is 4.39 Å². The van der Waals surface area contributed by atoms with E-state index in [-0.39, 0.29) is 5.82 Å². The van der Waals surface area contributed by atoms with E-state index >= 15 is 0 Å². The minimum absolute atomic E-state index is 0.244. The zero-order valence-corrected chi connectivity index (χ0v) is 11.1. The van der Waals surface area contributed by atoms with Gasteiger partial charge in [0.1, 0.15) is 0 Å². The van der Waals surface area contributed by atoms with Crippen LogP contribution in [-0.2, 0) is 0 Å². The molecule has 0 unspecified atom stereocenters. The van der Waals surface area contributed by atoms with Crippen LogP contribution in [0.1, 0.15) is 57.9 Å². The van der Waals surface area contributed by atoms with Crippen molar-refractivity contribution in [2.45, 2.75) is 52.4 Å². The summed E-state index contributed by atoms with van der Waals surface area (Å²) in [4.78, 5) is 0. The van der Waals surface area contributed by atoms with Crippen LogP contribution in [0.15, 0.2) is 18.2 Å². The Balaban J connectivity index is 2.43. The third-order valence-corrected chi connectivity index (χ3v) is 2.88. The van der Waals surface area contributed by atoms with E-state index < -0.39 is 0 Å². The van der Waals surface area contributed by atoms with Gasteiger partial charge in [-0.2, -0.15) is 0 Å². The summed E-state index contributed by atoms with van der Waals surface area (Å²) in [7, 11) is 0. The summed E-state index contributed by atoms with van der Waals surface area (Å²) >= 11 is 0. The van der Waals surface area contributed by atoms with E-state index in [1.54, 1.807) is 12.1 Å². The van der Waals surface area contributed by atoms with Gasteiger partial charge in [-0.15, -0.1) is 0 Å². The summed E-state index contributed by atoms with van der Waals surface area (Å²) < 4.78 is 19.1. The van der Waals surface area contributed by atoms with Crippen LogP contribution in [0, 0.1) is 5.82 Å². The number of rotatable bonds is 7. The smallest absolute Gasteiger partial charge is 0.165 e. The molecule has 0 spiro atoms. The first-order valence-corrected chi connectivity index (χ1v) is 6.57. The van der Waals surface area contributed by atoms with Gasteiger partial charge in [0, 0.05) is 0 Å². The van der Waals surface area contributed by atoms with Gasteiger partial charge in [-0.25, -0.2) is 4.39 Å². The molecule has 17 heavy (non-hydrogen) atoms. The molecule has 2 heteroatoms. The number of halogens is 1. The molecule has 1 rings (SSSR count). The van der Waals surface area contributed by atoms with Crippen LogP contribution < -0.4 is 4.74 Å². The second kappa shape index (κ2) is 7.31. The first-order chi connectivity index (χ1) is 8.15. The molecule has 0 saturated heterocycles. The molecule has 0 aliphatic heterocycles. The third-order valence-electron chi connectivity index (χ3n) is 2.88. The van der Waals surface area contributed by atoms with Crippen molar-refractivity contribution in [3.8, 4) is 5.75 Å². The van der Waals surface area contributed by atoms with Crippen molar-refractivity contribution >= 4 is 0 Å². The molecule has 1 aromatic rings. The molecule has 1 aromatic carbocycles. The second-order valence-electron chi connectivity index (χ2n) is 4.75. The van der Waals surface area contributed by atoms with Crippen LogP contribution in [0.2, 0.25) is 0 Å². The van der Waals surface area contributed by atoms with Gasteiger partial charge >= 0.3 is 0 Å². The normalized spacial score (nSPS) is 10.9. The topological polar surface area (TPSA) is 9.23 Å². The maximum absolute atomic E-state index is 13.7. The lowest BCUT2D eigenvalue weighted by molar-refractivity contribution is 0.290. The van der Waals surface area contributed by atoms with Crippen LogP contribution in [0.25, 0.3) is 0 Å². The highest BCUT2D eigenvalue weighted by Gasteiger charge is 2.06. The number of benzene rings is 1. The Labute approximate surface area is 104 Å². The molecule has 0 atom stereocenters. The maximum atomic E-state index is 13.7. The number of ether oxygens (including phenoxy) is 1. The van der Waals surface area contributed by atoms with Crippen molar-refractivity contribution < 1.29 is 9.13 Å². The van der Waals surface area contributed by atoms with E-state index in [1.165, 1.54) is 12.8 Å². The van der Waals surface area contributed by atoms with Gasteiger partial charge in [0.25, 0.3) is 0 Å². The van der Waals surface area contributed by atoms with Crippen LogP contribution in [0.4, 0.5) is 4.39 Å². The molecule has 0 N–H and O–H groups in total. The Hall–Kier alpha value is -1.05. The standard InChI is InChI=1S/C15H23FO/c1-4-5-6-7-10-17-15-9-8-13(12(2)3)11-14(15)16/h8-9,11-12H,4-7,10H2,1-3H3. The van der Waals surface area contributed by atoms with Crippen LogP contribution in [0.3, 0.4) is 0 Å². The van der Waals surface area contributed by atoms with Crippen LogP contribution in [-0.4, -0.2) is 6.61 Å². The lowest BCUT2D eigenvalue weighted by Gasteiger charge is -2.10. The number of unbranched alkanes of at least 4 members (excludes halogenated alkanes) is 3.